The van der Waals surface area contributed by atoms with Gasteiger partial charge in [-0.15, -0.1) is 0 Å². The van der Waals surface area contributed by atoms with Crippen LogP contribution in [0, 0.1) is 69.5 Å². The standard InChI is InChI=1S/C13H18O2.2C7H14O2.C7H12.C6H12O2/c14-13(15)10-5-8-4-9(10)12-7-2-1-6(3-7)11(8)12;2*1-5-7(2,3)6(8)9-4;1-2-7-4-3-6(1)5-7;1-4-6(2,3)5(7)8/h6-12H,1-5H2,(H,14,15);2*5H2,1-4H3;6-7H,1-5H2;4H2,1-3H3,(H,7,8). The van der Waals surface area contributed by atoms with Crippen molar-refractivity contribution < 1.29 is 38.9 Å². The summed E-state index contributed by atoms with van der Waals surface area (Å²) in [6.07, 6.45) is 16.7. The van der Waals surface area contributed by atoms with Crippen molar-refractivity contribution in [2.75, 3.05) is 14.2 Å². The van der Waals surface area contributed by atoms with E-state index in [9.17, 15) is 24.3 Å². The molecule has 0 spiro atoms. The Morgan fingerprint density at radius 3 is 1.25 bits per heavy atom. The first-order valence-corrected chi connectivity index (χ1v) is 18.9. The minimum atomic E-state index is -0.722. The molecule has 278 valence electrons. The molecule has 0 aromatic carbocycles. The fourth-order valence-corrected chi connectivity index (χ4v) is 9.02. The Labute approximate surface area is 291 Å². The van der Waals surface area contributed by atoms with Crippen LogP contribution < -0.4 is 0 Å². The van der Waals surface area contributed by atoms with Gasteiger partial charge >= 0.3 is 23.9 Å². The lowest BCUT2D eigenvalue weighted by Crippen LogP contribution is -2.35. The average Bonchev–Trinajstić information content (AvgIpc) is 3.93. The number of carbonyl (C=O) groups is 4. The quantitative estimate of drug-likeness (QED) is 0.201. The van der Waals surface area contributed by atoms with Crippen LogP contribution in [0.1, 0.15) is 146 Å². The Kier molecular flexibility index (Phi) is 15.5. The van der Waals surface area contributed by atoms with Gasteiger partial charge in [0.05, 0.1) is 36.4 Å². The van der Waals surface area contributed by atoms with Crippen LogP contribution in [0.3, 0.4) is 0 Å². The number of ether oxygens (including phenoxy) is 2. The van der Waals surface area contributed by atoms with Crippen molar-refractivity contribution in [2.45, 2.75) is 146 Å². The van der Waals surface area contributed by atoms with Gasteiger partial charge in [-0.3, -0.25) is 19.2 Å². The first-order chi connectivity index (χ1) is 22.3. The van der Waals surface area contributed by atoms with Gasteiger partial charge in [0.2, 0.25) is 0 Å². The Morgan fingerprint density at radius 1 is 0.562 bits per heavy atom. The predicted molar refractivity (Wildman–Crippen MR) is 189 cm³/mol. The average molecular weight is 679 g/mol. The van der Waals surface area contributed by atoms with E-state index >= 15 is 0 Å². The number of carboxylic acid groups (broad SMARTS) is 2. The largest absolute Gasteiger partial charge is 0.481 e. The van der Waals surface area contributed by atoms with E-state index < -0.39 is 17.4 Å². The van der Waals surface area contributed by atoms with Gasteiger partial charge in [-0.05, 0) is 147 Å². The first kappa shape index (κ1) is 42.0. The third kappa shape index (κ3) is 10.4. The van der Waals surface area contributed by atoms with Crippen molar-refractivity contribution in [1.29, 1.82) is 0 Å². The second-order valence-electron chi connectivity index (χ2n) is 17.5. The minimum absolute atomic E-state index is 0.0237. The van der Waals surface area contributed by atoms with E-state index in [2.05, 4.69) is 9.47 Å². The lowest BCUT2D eigenvalue weighted by molar-refractivity contribution is -0.151. The molecular weight excluding hydrogens is 608 g/mol. The van der Waals surface area contributed by atoms with E-state index in [4.69, 9.17) is 5.11 Å². The zero-order chi connectivity index (χ0) is 36.6. The monoisotopic (exact) mass is 679 g/mol. The third-order valence-electron chi connectivity index (χ3n) is 13.4. The Hall–Kier alpha value is -2.12. The maximum atomic E-state index is 11.2. The van der Waals surface area contributed by atoms with E-state index in [1.807, 2.05) is 48.5 Å². The molecular formula is C40H70O8. The number of fused-ring (bicyclic) bond motifs is 11. The van der Waals surface area contributed by atoms with Crippen molar-refractivity contribution >= 4 is 23.9 Å². The summed E-state index contributed by atoms with van der Waals surface area (Å²) in [5.41, 5.74) is -1.16. The van der Waals surface area contributed by atoms with E-state index in [-0.39, 0.29) is 28.7 Å². The van der Waals surface area contributed by atoms with Crippen LogP contribution in [0.25, 0.3) is 0 Å². The van der Waals surface area contributed by atoms with Crippen molar-refractivity contribution in [3.63, 3.8) is 0 Å². The first-order valence-electron chi connectivity index (χ1n) is 18.9. The maximum Gasteiger partial charge on any atom is 0.311 e. The molecule has 48 heavy (non-hydrogen) atoms. The molecule has 6 aliphatic carbocycles. The summed E-state index contributed by atoms with van der Waals surface area (Å²) in [6, 6.07) is 0. The summed E-state index contributed by atoms with van der Waals surface area (Å²) < 4.78 is 9.13. The van der Waals surface area contributed by atoms with Gasteiger partial charge < -0.3 is 19.7 Å². The van der Waals surface area contributed by atoms with E-state index in [1.54, 1.807) is 46.0 Å². The smallest absolute Gasteiger partial charge is 0.311 e. The van der Waals surface area contributed by atoms with Crippen LogP contribution in [0.5, 0.6) is 0 Å². The van der Waals surface area contributed by atoms with Crippen molar-refractivity contribution in [1.82, 2.24) is 0 Å². The van der Waals surface area contributed by atoms with Gasteiger partial charge in [0.25, 0.3) is 0 Å². The van der Waals surface area contributed by atoms with E-state index in [0.717, 1.165) is 48.9 Å². The Morgan fingerprint density at radius 2 is 0.979 bits per heavy atom. The molecule has 6 bridgehead atoms. The highest BCUT2D eigenvalue weighted by molar-refractivity contribution is 5.76. The molecule has 0 aromatic rings. The minimum Gasteiger partial charge on any atom is -0.481 e. The molecule has 6 aliphatic rings. The molecule has 7 unspecified atom stereocenters. The summed E-state index contributed by atoms with van der Waals surface area (Å²) in [4.78, 5) is 43.1. The maximum absolute atomic E-state index is 11.2. The normalized spacial score (nSPS) is 31.8. The van der Waals surface area contributed by atoms with Crippen molar-refractivity contribution in [3.05, 3.63) is 0 Å². The Bertz CT molecular complexity index is 1030. The summed E-state index contributed by atoms with van der Waals surface area (Å²) in [6.45, 7) is 16.7. The second-order valence-corrected chi connectivity index (χ2v) is 17.5. The number of carboxylic acids is 2. The highest BCUT2D eigenvalue weighted by atomic mass is 16.5. The molecule has 8 nitrogen and oxygen atoms in total. The van der Waals surface area contributed by atoms with Gasteiger partial charge in [-0.1, -0.05) is 46.5 Å². The highest BCUT2D eigenvalue weighted by Crippen LogP contribution is 2.68. The van der Waals surface area contributed by atoms with Crippen LogP contribution in [0.2, 0.25) is 0 Å². The van der Waals surface area contributed by atoms with Crippen LogP contribution >= 0.6 is 0 Å². The van der Waals surface area contributed by atoms with Crippen LogP contribution in [0.15, 0.2) is 0 Å². The molecule has 0 aliphatic heterocycles. The molecule has 0 amide bonds. The van der Waals surface area contributed by atoms with Gasteiger partial charge in [0.1, 0.15) is 0 Å². The number of rotatable bonds is 7. The number of hydrogen-bond acceptors (Lipinski definition) is 6. The Balaban J connectivity index is 0.000000217. The van der Waals surface area contributed by atoms with Gasteiger partial charge in [0, 0.05) is 0 Å². The summed E-state index contributed by atoms with van der Waals surface area (Å²) in [5, 5.41) is 17.7. The summed E-state index contributed by atoms with van der Waals surface area (Å²) >= 11 is 0. The number of methoxy groups -OCH3 is 2. The van der Waals surface area contributed by atoms with Crippen LogP contribution in [-0.2, 0) is 28.7 Å². The van der Waals surface area contributed by atoms with Crippen molar-refractivity contribution in [2.24, 2.45) is 69.5 Å². The number of hydrogen-bond donors (Lipinski definition) is 2. The fraction of sp³-hybridized carbons (Fsp3) is 0.900. The molecule has 2 N–H and O–H groups in total. The van der Waals surface area contributed by atoms with Gasteiger partial charge in [0.15, 0.2) is 0 Å². The number of esters is 2. The molecule has 6 rings (SSSR count). The topological polar surface area (TPSA) is 127 Å². The van der Waals surface area contributed by atoms with E-state index in [0.29, 0.717) is 12.3 Å². The van der Waals surface area contributed by atoms with Crippen LogP contribution in [0.4, 0.5) is 0 Å². The second kappa shape index (κ2) is 17.7. The molecule has 0 heterocycles. The lowest BCUT2D eigenvalue weighted by atomic mass is 9.67. The molecule has 0 aromatic heterocycles. The zero-order valence-corrected chi connectivity index (χ0v) is 32.2. The van der Waals surface area contributed by atoms with Gasteiger partial charge in [-0.2, -0.15) is 0 Å². The van der Waals surface area contributed by atoms with Crippen molar-refractivity contribution in [3.8, 4) is 0 Å². The van der Waals surface area contributed by atoms with Gasteiger partial charge in [-0.25, -0.2) is 0 Å². The number of aliphatic carboxylic acids is 2. The summed E-state index contributed by atoms with van der Waals surface area (Å²) in [5.74, 6) is 5.89. The highest BCUT2D eigenvalue weighted by Gasteiger charge is 2.63. The zero-order valence-electron chi connectivity index (χ0n) is 32.2. The molecule has 6 fully saturated rings. The molecule has 6 saturated carbocycles. The number of carbonyl (C=O) groups excluding carboxylic acids is 2. The van der Waals surface area contributed by atoms with Crippen LogP contribution in [-0.4, -0.2) is 48.3 Å². The third-order valence-corrected chi connectivity index (χ3v) is 13.4. The van der Waals surface area contributed by atoms with E-state index in [1.165, 1.54) is 51.7 Å². The fourth-order valence-electron chi connectivity index (χ4n) is 9.02. The molecule has 7 atom stereocenters. The predicted octanol–water partition coefficient (Wildman–Crippen LogP) is 9.28. The summed E-state index contributed by atoms with van der Waals surface area (Å²) in [7, 11) is 2.83. The molecule has 8 heteroatoms. The molecule has 0 saturated heterocycles. The SMILES string of the molecule is C1CC2CCC1C2.CCC(C)(C)C(=O)O.CCC(C)(C)C(=O)OC.CCC(C)(C)C(=O)OC.O=C(O)C1CC2CC1C1C3CCC(C3)C21. The lowest BCUT2D eigenvalue weighted by Gasteiger charge is -2.37. The molecule has 0 radical (unpaired) electrons.